The molecule has 2 aromatic rings. The third-order valence-corrected chi connectivity index (χ3v) is 3.54. The molecule has 0 atom stereocenters. The summed E-state index contributed by atoms with van der Waals surface area (Å²) in [5.41, 5.74) is -1.48. The Labute approximate surface area is 147 Å². The first-order valence-electron chi connectivity index (χ1n) is 7.85. The lowest BCUT2D eigenvalue weighted by molar-refractivity contribution is -0.137. The fourth-order valence-corrected chi connectivity index (χ4v) is 2.12. The Kier molecular flexibility index (Phi) is 5.69. The summed E-state index contributed by atoms with van der Waals surface area (Å²) in [6.07, 6.45) is -3.88. The van der Waals surface area contributed by atoms with Gasteiger partial charge in [0.25, 0.3) is 11.8 Å². The fourth-order valence-electron chi connectivity index (χ4n) is 2.12. The lowest BCUT2D eigenvalue weighted by Crippen LogP contribution is -2.26. The van der Waals surface area contributed by atoms with Crippen molar-refractivity contribution in [2.24, 2.45) is 5.92 Å². The standard InChI is InChI=1S/C17H18F3N3O3/c1-9(2)6-7-21-15(25)12-13(24)16(26)23-14(22-12)10-4-3-5-11(8-10)17(18,19)20/h3-5,8-9,24H,6-7H2,1-2H3,(H,21,25)(H,22,23,26). The van der Waals surface area contributed by atoms with E-state index in [9.17, 15) is 28.2 Å². The van der Waals surface area contributed by atoms with Crippen molar-refractivity contribution >= 4 is 5.91 Å². The first-order valence-corrected chi connectivity index (χ1v) is 7.85. The van der Waals surface area contributed by atoms with Crippen molar-refractivity contribution < 1.29 is 28.2 Å². The number of alkyl halides is 3. The second kappa shape index (κ2) is 7.59. The highest BCUT2D eigenvalue weighted by molar-refractivity contribution is 5.95. The molecule has 0 unspecified atom stereocenters. The molecule has 0 bridgehead atoms. The van der Waals surface area contributed by atoms with Gasteiger partial charge in [0.15, 0.2) is 11.5 Å². The molecule has 26 heavy (non-hydrogen) atoms. The quantitative estimate of drug-likeness (QED) is 0.751. The third-order valence-electron chi connectivity index (χ3n) is 3.54. The van der Waals surface area contributed by atoms with Crippen LogP contribution < -0.4 is 5.32 Å². The van der Waals surface area contributed by atoms with Crippen LogP contribution in [0.1, 0.15) is 36.3 Å². The fraction of sp³-hybridized carbons (Fsp3) is 0.353. The first-order chi connectivity index (χ1) is 12.1. The molecule has 6 nitrogen and oxygen atoms in total. The molecule has 1 amide bonds. The second-order valence-corrected chi connectivity index (χ2v) is 6.09. The number of carbonyl (C=O) groups is 1. The molecule has 0 saturated carbocycles. The van der Waals surface area contributed by atoms with E-state index in [1.165, 1.54) is 6.07 Å². The molecule has 1 aromatic carbocycles. The monoisotopic (exact) mass is 369 g/mol. The molecule has 1 heterocycles. The van der Waals surface area contributed by atoms with Crippen LogP contribution in [0.5, 0.6) is 11.6 Å². The highest BCUT2D eigenvalue weighted by Gasteiger charge is 2.31. The highest BCUT2D eigenvalue weighted by atomic mass is 19.4. The maximum Gasteiger partial charge on any atom is 0.416 e. The molecular weight excluding hydrogens is 351 g/mol. The summed E-state index contributed by atoms with van der Waals surface area (Å²) in [5, 5.41) is 22.1. The number of nitrogens with one attached hydrogen (secondary N) is 1. The topological polar surface area (TPSA) is 95.3 Å². The number of hydrogen-bond donors (Lipinski definition) is 3. The van der Waals surface area contributed by atoms with E-state index in [1.807, 2.05) is 13.8 Å². The lowest BCUT2D eigenvalue weighted by Gasteiger charge is -2.11. The maximum absolute atomic E-state index is 12.8. The van der Waals surface area contributed by atoms with Crippen LogP contribution in [-0.4, -0.2) is 32.6 Å². The zero-order valence-corrected chi connectivity index (χ0v) is 14.1. The van der Waals surface area contributed by atoms with E-state index in [0.29, 0.717) is 18.9 Å². The Morgan fingerprint density at radius 2 is 1.92 bits per heavy atom. The summed E-state index contributed by atoms with van der Waals surface area (Å²) >= 11 is 0. The van der Waals surface area contributed by atoms with Crippen LogP contribution in [0, 0.1) is 5.92 Å². The minimum absolute atomic E-state index is 0.0497. The minimum Gasteiger partial charge on any atom is -0.501 e. The number of rotatable bonds is 5. The smallest absolute Gasteiger partial charge is 0.416 e. The largest absolute Gasteiger partial charge is 0.501 e. The number of halogens is 3. The Bertz CT molecular complexity index is 808. The summed E-state index contributed by atoms with van der Waals surface area (Å²) in [7, 11) is 0. The van der Waals surface area contributed by atoms with E-state index >= 15 is 0 Å². The van der Waals surface area contributed by atoms with Gasteiger partial charge in [-0.25, -0.2) is 4.98 Å². The van der Waals surface area contributed by atoms with Crippen molar-refractivity contribution in [3.63, 3.8) is 0 Å². The average molecular weight is 369 g/mol. The number of carbonyl (C=O) groups excluding carboxylic acids is 1. The van der Waals surface area contributed by atoms with Crippen molar-refractivity contribution in [1.29, 1.82) is 0 Å². The number of benzene rings is 1. The molecule has 0 spiro atoms. The third kappa shape index (κ3) is 4.62. The molecule has 0 radical (unpaired) electrons. The maximum atomic E-state index is 12.8. The number of aromatic hydroxyl groups is 2. The highest BCUT2D eigenvalue weighted by Crippen LogP contribution is 2.33. The van der Waals surface area contributed by atoms with Gasteiger partial charge in [-0.2, -0.15) is 18.2 Å². The minimum atomic E-state index is -4.56. The van der Waals surface area contributed by atoms with Crippen LogP contribution in [-0.2, 0) is 6.18 Å². The molecule has 0 saturated heterocycles. The first kappa shape index (κ1) is 19.5. The van der Waals surface area contributed by atoms with Gasteiger partial charge in [-0.05, 0) is 24.5 Å². The van der Waals surface area contributed by atoms with Gasteiger partial charge in [0.1, 0.15) is 0 Å². The van der Waals surface area contributed by atoms with Gasteiger partial charge < -0.3 is 15.5 Å². The number of nitrogens with zero attached hydrogens (tertiary/aromatic N) is 2. The molecule has 140 valence electrons. The normalized spacial score (nSPS) is 11.6. The summed E-state index contributed by atoms with van der Waals surface area (Å²) in [4.78, 5) is 19.5. The molecule has 2 rings (SSSR count). The van der Waals surface area contributed by atoms with Gasteiger partial charge in [-0.1, -0.05) is 26.0 Å². The summed E-state index contributed by atoms with van der Waals surface area (Å²) < 4.78 is 38.5. The molecule has 0 aliphatic carbocycles. The van der Waals surface area contributed by atoms with Gasteiger partial charge in [0.05, 0.1) is 5.56 Å². The van der Waals surface area contributed by atoms with E-state index in [2.05, 4.69) is 15.3 Å². The average Bonchev–Trinajstić information content (AvgIpc) is 2.56. The SMILES string of the molecule is CC(C)CCNC(=O)c1nc(-c2cccc(C(F)(F)F)c2)nc(O)c1O. The van der Waals surface area contributed by atoms with Gasteiger partial charge in [-0.3, -0.25) is 4.79 Å². The van der Waals surface area contributed by atoms with Gasteiger partial charge in [-0.15, -0.1) is 0 Å². The van der Waals surface area contributed by atoms with Crippen LogP contribution in [0.3, 0.4) is 0 Å². The predicted octanol–water partition coefficient (Wildman–Crippen LogP) is 3.35. The number of amides is 1. The van der Waals surface area contributed by atoms with E-state index in [-0.39, 0.29) is 11.4 Å². The van der Waals surface area contributed by atoms with Crippen molar-refractivity contribution in [3.05, 3.63) is 35.5 Å². The Morgan fingerprint density at radius 1 is 1.23 bits per heavy atom. The van der Waals surface area contributed by atoms with Crippen molar-refractivity contribution in [2.75, 3.05) is 6.54 Å². The molecule has 0 fully saturated rings. The Balaban J connectivity index is 2.37. The molecule has 1 aromatic heterocycles. The number of aromatic nitrogens is 2. The second-order valence-electron chi connectivity index (χ2n) is 6.09. The summed E-state index contributed by atoms with van der Waals surface area (Å²) in [6, 6.07) is 4.14. The van der Waals surface area contributed by atoms with Crippen LogP contribution in [0.25, 0.3) is 11.4 Å². The van der Waals surface area contributed by atoms with E-state index in [0.717, 1.165) is 18.2 Å². The lowest BCUT2D eigenvalue weighted by atomic mass is 10.1. The van der Waals surface area contributed by atoms with Crippen molar-refractivity contribution in [2.45, 2.75) is 26.4 Å². The summed E-state index contributed by atoms with van der Waals surface area (Å²) in [6.45, 7) is 4.25. The van der Waals surface area contributed by atoms with Crippen LogP contribution in [0.2, 0.25) is 0 Å². The van der Waals surface area contributed by atoms with E-state index in [1.54, 1.807) is 0 Å². The Hall–Kier alpha value is -2.84. The van der Waals surface area contributed by atoms with Crippen LogP contribution >= 0.6 is 0 Å². The van der Waals surface area contributed by atoms with Crippen LogP contribution in [0.4, 0.5) is 13.2 Å². The molecule has 3 N–H and O–H groups in total. The summed E-state index contributed by atoms with van der Waals surface area (Å²) in [5.74, 6) is -2.44. The van der Waals surface area contributed by atoms with Crippen molar-refractivity contribution in [1.82, 2.24) is 15.3 Å². The molecule has 0 aliphatic heterocycles. The van der Waals surface area contributed by atoms with E-state index in [4.69, 9.17) is 0 Å². The Morgan fingerprint density at radius 3 is 2.54 bits per heavy atom. The van der Waals surface area contributed by atoms with Crippen LogP contribution in [0.15, 0.2) is 24.3 Å². The molecule has 0 aliphatic rings. The van der Waals surface area contributed by atoms with Crippen molar-refractivity contribution in [3.8, 4) is 23.0 Å². The van der Waals surface area contributed by atoms with E-state index < -0.39 is 35.0 Å². The molecule has 9 heteroatoms. The zero-order valence-electron chi connectivity index (χ0n) is 14.1. The number of hydrogen-bond acceptors (Lipinski definition) is 5. The predicted molar refractivity (Wildman–Crippen MR) is 87.6 cm³/mol. The van der Waals surface area contributed by atoms with Gasteiger partial charge >= 0.3 is 6.18 Å². The van der Waals surface area contributed by atoms with Gasteiger partial charge in [0.2, 0.25) is 5.75 Å². The molecular formula is C17H18F3N3O3. The zero-order chi connectivity index (χ0) is 19.5. The van der Waals surface area contributed by atoms with Gasteiger partial charge in [0, 0.05) is 12.1 Å².